The summed E-state index contributed by atoms with van der Waals surface area (Å²) in [6.07, 6.45) is 6.12. The first-order valence-corrected chi connectivity index (χ1v) is 9.85. The van der Waals surface area contributed by atoms with Crippen LogP contribution in [0.2, 0.25) is 0 Å². The zero-order valence-electron chi connectivity index (χ0n) is 15.5. The molecule has 3 rings (SSSR count). The zero-order valence-corrected chi connectivity index (χ0v) is 15.5. The van der Waals surface area contributed by atoms with Crippen molar-refractivity contribution in [2.24, 2.45) is 0 Å². The van der Waals surface area contributed by atoms with Gasteiger partial charge < -0.3 is 15.5 Å². The van der Waals surface area contributed by atoms with E-state index in [1.807, 2.05) is 23.1 Å². The van der Waals surface area contributed by atoms with E-state index < -0.39 is 0 Å². The molecule has 0 aromatic heterocycles. The molecule has 2 fully saturated rings. The van der Waals surface area contributed by atoms with Gasteiger partial charge in [-0.25, -0.2) is 0 Å². The van der Waals surface area contributed by atoms with Crippen molar-refractivity contribution < 1.29 is 4.79 Å². The highest BCUT2D eigenvalue weighted by molar-refractivity contribution is 6.00. The van der Waals surface area contributed by atoms with E-state index in [4.69, 9.17) is 5.73 Å². The fraction of sp³-hybridized carbons (Fsp3) is 0.650. The summed E-state index contributed by atoms with van der Waals surface area (Å²) in [6.45, 7) is 8.98. The van der Waals surface area contributed by atoms with Gasteiger partial charge in [-0.3, -0.25) is 9.69 Å². The maximum atomic E-state index is 13.2. The fourth-order valence-electron chi connectivity index (χ4n) is 3.96. The molecule has 2 saturated heterocycles. The summed E-state index contributed by atoms with van der Waals surface area (Å²) in [6, 6.07) is 5.78. The standard InChI is InChI=1S/C20H32N4O/c1-2-9-22-12-14-24(15-13-22)20(25)18-8-7-17(21)16-19(18)23-10-5-3-4-6-11-23/h7-8,16H,2-6,9-15,21H2,1H3. The van der Waals surface area contributed by atoms with Crippen molar-refractivity contribution >= 4 is 17.3 Å². The van der Waals surface area contributed by atoms with E-state index in [1.165, 1.54) is 32.1 Å². The summed E-state index contributed by atoms with van der Waals surface area (Å²) < 4.78 is 0. The molecule has 0 radical (unpaired) electrons. The minimum absolute atomic E-state index is 0.162. The number of rotatable bonds is 4. The van der Waals surface area contributed by atoms with Gasteiger partial charge in [0.25, 0.3) is 5.91 Å². The third kappa shape index (κ3) is 4.46. The zero-order chi connectivity index (χ0) is 17.6. The van der Waals surface area contributed by atoms with Gasteiger partial charge in [0.15, 0.2) is 0 Å². The van der Waals surface area contributed by atoms with Crippen LogP contribution in [0, 0.1) is 0 Å². The molecule has 1 aromatic carbocycles. The van der Waals surface area contributed by atoms with Gasteiger partial charge in [-0.15, -0.1) is 0 Å². The Labute approximate surface area is 151 Å². The molecule has 0 spiro atoms. The second kappa shape index (κ2) is 8.56. The molecule has 0 atom stereocenters. The Kier molecular flexibility index (Phi) is 6.19. The molecule has 2 aliphatic rings. The van der Waals surface area contributed by atoms with Gasteiger partial charge >= 0.3 is 0 Å². The summed E-state index contributed by atoms with van der Waals surface area (Å²) in [4.78, 5) is 20.0. The number of hydrogen-bond acceptors (Lipinski definition) is 4. The molecule has 2 N–H and O–H groups in total. The predicted octanol–water partition coefficient (Wildman–Crippen LogP) is 2.82. The Balaban J connectivity index is 1.76. The molecule has 25 heavy (non-hydrogen) atoms. The number of nitrogens with two attached hydrogens (primary N) is 1. The van der Waals surface area contributed by atoms with Crippen molar-refractivity contribution in [1.29, 1.82) is 0 Å². The van der Waals surface area contributed by atoms with Crippen molar-refractivity contribution in [3.8, 4) is 0 Å². The molecule has 2 aliphatic heterocycles. The number of hydrogen-bond donors (Lipinski definition) is 1. The minimum atomic E-state index is 0.162. The van der Waals surface area contributed by atoms with Crippen LogP contribution in [-0.4, -0.2) is 61.5 Å². The highest BCUT2D eigenvalue weighted by Gasteiger charge is 2.25. The van der Waals surface area contributed by atoms with E-state index in [-0.39, 0.29) is 5.91 Å². The van der Waals surface area contributed by atoms with Crippen LogP contribution >= 0.6 is 0 Å². The van der Waals surface area contributed by atoms with Gasteiger partial charge in [-0.05, 0) is 44.0 Å². The molecule has 1 aromatic rings. The number of piperazine rings is 1. The Morgan fingerprint density at radius 3 is 2.32 bits per heavy atom. The van der Waals surface area contributed by atoms with E-state index in [1.54, 1.807) is 0 Å². The lowest BCUT2D eigenvalue weighted by atomic mass is 10.1. The quantitative estimate of drug-likeness (QED) is 0.854. The van der Waals surface area contributed by atoms with E-state index >= 15 is 0 Å². The van der Waals surface area contributed by atoms with Gasteiger partial charge in [-0.1, -0.05) is 19.8 Å². The number of anilines is 2. The normalized spacial score (nSPS) is 19.7. The largest absolute Gasteiger partial charge is 0.399 e. The average molecular weight is 345 g/mol. The van der Waals surface area contributed by atoms with Gasteiger partial charge in [0.2, 0.25) is 0 Å². The van der Waals surface area contributed by atoms with Crippen LogP contribution in [0.15, 0.2) is 18.2 Å². The van der Waals surface area contributed by atoms with Gasteiger partial charge in [-0.2, -0.15) is 0 Å². The summed E-state index contributed by atoms with van der Waals surface area (Å²) in [5, 5.41) is 0. The SMILES string of the molecule is CCCN1CCN(C(=O)c2ccc(N)cc2N2CCCCCC2)CC1. The topological polar surface area (TPSA) is 52.8 Å². The molecule has 0 aliphatic carbocycles. The van der Waals surface area contributed by atoms with E-state index in [9.17, 15) is 4.79 Å². The molecule has 2 heterocycles. The highest BCUT2D eigenvalue weighted by atomic mass is 16.2. The van der Waals surface area contributed by atoms with Crippen molar-refractivity contribution in [2.75, 3.05) is 56.4 Å². The van der Waals surface area contributed by atoms with Gasteiger partial charge in [0.1, 0.15) is 0 Å². The molecule has 138 valence electrons. The number of carbonyl (C=O) groups is 1. The second-order valence-electron chi connectivity index (χ2n) is 7.31. The van der Waals surface area contributed by atoms with E-state index in [0.717, 1.165) is 62.8 Å². The molecule has 1 amide bonds. The molecule has 0 bridgehead atoms. The first-order chi connectivity index (χ1) is 12.2. The lowest BCUT2D eigenvalue weighted by Gasteiger charge is -2.35. The van der Waals surface area contributed by atoms with Crippen LogP contribution in [0.25, 0.3) is 0 Å². The first kappa shape index (κ1) is 18.1. The Morgan fingerprint density at radius 1 is 1.00 bits per heavy atom. The average Bonchev–Trinajstić information content (AvgIpc) is 2.91. The Bertz CT molecular complexity index is 573. The van der Waals surface area contributed by atoms with Crippen LogP contribution in [-0.2, 0) is 0 Å². The lowest BCUT2D eigenvalue weighted by molar-refractivity contribution is 0.0638. The monoisotopic (exact) mass is 344 g/mol. The molecular weight excluding hydrogens is 312 g/mol. The lowest BCUT2D eigenvalue weighted by Crippen LogP contribution is -2.49. The van der Waals surface area contributed by atoms with Gasteiger partial charge in [0.05, 0.1) is 11.3 Å². The maximum absolute atomic E-state index is 13.2. The minimum Gasteiger partial charge on any atom is -0.399 e. The van der Waals surface area contributed by atoms with Crippen LogP contribution in [0.4, 0.5) is 11.4 Å². The molecule has 5 nitrogen and oxygen atoms in total. The fourth-order valence-corrected chi connectivity index (χ4v) is 3.96. The molecule has 0 unspecified atom stereocenters. The van der Waals surface area contributed by atoms with Crippen molar-refractivity contribution in [2.45, 2.75) is 39.0 Å². The number of carbonyl (C=O) groups excluding carboxylic acids is 1. The summed E-state index contributed by atoms with van der Waals surface area (Å²) in [7, 11) is 0. The first-order valence-electron chi connectivity index (χ1n) is 9.85. The van der Waals surface area contributed by atoms with E-state index in [0.29, 0.717) is 0 Å². The van der Waals surface area contributed by atoms with Crippen molar-refractivity contribution in [3.05, 3.63) is 23.8 Å². The molecular formula is C20H32N4O. The maximum Gasteiger partial charge on any atom is 0.256 e. The van der Waals surface area contributed by atoms with Crippen LogP contribution in [0.1, 0.15) is 49.4 Å². The Morgan fingerprint density at radius 2 is 1.68 bits per heavy atom. The van der Waals surface area contributed by atoms with Crippen LogP contribution in [0.5, 0.6) is 0 Å². The van der Waals surface area contributed by atoms with Crippen molar-refractivity contribution in [1.82, 2.24) is 9.80 Å². The third-order valence-corrected chi connectivity index (χ3v) is 5.40. The number of benzene rings is 1. The summed E-state index contributed by atoms with van der Waals surface area (Å²) in [5.41, 5.74) is 8.63. The number of nitrogen functional groups attached to an aromatic ring is 1. The Hall–Kier alpha value is -1.75. The smallest absolute Gasteiger partial charge is 0.256 e. The second-order valence-corrected chi connectivity index (χ2v) is 7.31. The molecule has 5 heteroatoms. The summed E-state index contributed by atoms with van der Waals surface area (Å²) >= 11 is 0. The van der Waals surface area contributed by atoms with Gasteiger partial charge in [0, 0.05) is 45.0 Å². The van der Waals surface area contributed by atoms with Crippen LogP contribution in [0.3, 0.4) is 0 Å². The highest BCUT2D eigenvalue weighted by Crippen LogP contribution is 2.27. The molecule has 0 saturated carbocycles. The van der Waals surface area contributed by atoms with E-state index in [2.05, 4.69) is 16.7 Å². The predicted molar refractivity (Wildman–Crippen MR) is 104 cm³/mol. The summed E-state index contributed by atoms with van der Waals surface area (Å²) in [5.74, 6) is 0.162. The van der Waals surface area contributed by atoms with Crippen molar-refractivity contribution in [3.63, 3.8) is 0 Å². The number of amides is 1. The van der Waals surface area contributed by atoms with Crippen LogP contribution < -0.4 is 10.6 Å². The third-order valence-electron chi connectivity index (χ3n) is 5.40. The number of nitrogens with zero attached hydrogens (tertiary/aromatic N) is 3.